The van der Waals surface area contributed by atoms with E-state index in [1.54, 1.807) is 0 Å². The van der Waals surface area contributed by atoms with Gasteiger partial charge in [0.2, 0.25) is 0 Å². The number of Topliss-reactive ketones (excluding diaryl/α,β-unsaturated/α-hetero) is 2. The first-order valence-corrected chi connectivity index (χ1v) is 8.97. The number of hydrogen-bond donors (Lipinski definition) is 0. The summed E-state index contributed by atoms with van der Waals surface area (Å²) >= 11 is 6.72. The van der Waals surface area contributed by atoms with Crippen molar-refractivity contribution in [1.29, 1.82) is 0 Å². The van der Waals surface area contributed by atoms with Crippen molar-refractivity contribution in [3.8, 4) is 0 Å². The lowest BCUT2D eigenvalue weighted by atomic mass is 9.78. The minimum absolute atomic E-state index is 0.0336. The Morgan fingerprint density at radius 3 is 2.09 bits per heavy atom. The van der Waals surface area contributed by atoms with E-state index in [1.165, 1.54) is 16.7 Å². The van der Waals surface area contributed by atoms with Crippen molar-refractivity contribution in [1.82, 2.24) is 0 Å². The molecule has 23 heavy (non-hydrogen) atoms. The molecule has 1 atom stereocenters. The van der Waals surface area contributed by atoms with Crippen LogP contribution in [0.3, 0.4) is 0 Å². The lowest BCUT2D eigenvalue weighted by Crippen LogP contribution is -2.22. The van der Waals surface area contributed by atoms with Gasteiger partial charge < -0.3 is 0 Å². The van der Waals surface area contributed by atoms with Crippen LogP contribution in [-0.4, -0.2) is 11.6 Å². The summed E-state index contributed by atoms with van der Waals surface area (Å²) in [4.78, 5) is 23.8. The molecule has 3 heteroatoms. The maximum absolute atomic E-state index is 11.9. The molecule has 1 saturated carbocycles. The van der Waals surface area contributed by atoms with E-state index in [0.29, 0.717) is 18.3 Å². The van der Waals surface area contributed by atoms with Crippen LogP contribution in [0, 0.1) is 19.3 Å². The molecular weight excluding hydrogens is 308 g/mol. The number of carbonyl (C=O) groups is 2. The van der Waals surface area contributed by atoms with E-state index in [2.05, 4.69) is 27.7 Å². The minimum atomic E-state index is -0.0336. The smallest absolute Gasteiger partial charge is 0.140 e. The Balaban J connectivity index is 2.11. The van der Waals surface area contributed by atoms with Gasteiger partial charge in [-0.25, -0.2) is 0 Å². The average molecular weight is 333 g/mol. The number of carbonyl (C=O) groups excluding carboxylic acids is 2. The zero-order valence-corrected chi connectivity index (χ0v) is 15.3. The molecule has 2 nitrogen and oxygen atoms in total. The summed E-state index contributed by atoms with van der Waals surface area (Å²) < 4.78 is 0. The summed E-state index contributed by atoms with van der Waals surface area (Å²) in [7, 11) is 0. The van der Waals surface area contributed by atoms with Crippen molar-refractivity contribution in [3.05, 3.63) is 32.8 Å². The molecule has 0 spiro atoms. The minimum Gasteiger partial charge on any atom is -0.299 e. The number of benzene rings is 1. The molecule has 1 aromatic carbocycles. The Morgan fingerprint density at radius 1 is 1.04 bits per heavy atom. The second-order valence-corrected chi connectivity index (χ2v) is 8.19. The van der Waals surface area contributed by atoms with Gasteiger partial charge in [0.25, 0.3) is 0 Å². The molecule has 0 aromatic heterocycles. The van der Waals surface area contributed by atoms with Crippen LogP contribution in [-0.2, 0) is 22.4 Å². The van der Waals surface area contributed by atoms with Gasteiger partial charge in [0.15, 0.2) is 0 Å². The van der Waals surface area contributed by atoms with Gasteiger partial charge in [-0.2, -0.15) is 0 Å². The van der Waals surface area contributed by atoms with Crippen LogP contribution in [0.25, 0.3) is 0 Å². The summed E-state index contributed by atoms with van der Waals surface area (Å²) in [6, 6.07) is 0. The number of fused-ring (bicyclic) bond motifs is 1. The first-order chi connectivity index (χ1) is 10.8. The highest BCUT2D eigenvalue weighted by atomic mass is 35.5. The molecule has 1 aromatic rings. The van der Waals surface area contributed by atoms with Crippen LogP contribution >= 0.6 is 11.6 Å². The molecule has 0 saturated heterocycles. The van der Waals surface area contributed by atoms with Gasteiger partial charge in [0.05, 0.1) is 6.42 Å². The van der Waals surface area contributed by atoms with E-state index in [1.807, 2.05) is 0 Å². The highest BCUT2D eigenvalue weighted by Gasteiger charge is 2.37. The predicted molar refractivity (Wildman–Crippen MR) is 93.3 cm³/mol. The summed E-state index contributed by atoms with van der Waals surface area (Å²) in [6.07, 6.45) is 4.31. The molecule has 0 amide bonds. The van der Waals surface area contributed by atoms with Crippen molar-refractivity contribution >= 4 is 23.2 Å². The van der Waals surface area contributed by atoms with Gasteiger partial charge in [-0.05, 0) is 65.8 Å². The van der Waals surface area contributed by atoms with E-state index in [9.17, 15) is 9.59 Å². The third kappa shape index (κ3) is 2.76. The number of hydrogen-bond acceptors (Lipinski definition) is 2. The van der Waals surface area contributed by atoms with Crippen LogP contribution in [0.1, 0.15) is 73.3 Å². The summed E-state index contributed by atoms with van der Waals surface area (Å²) in [5.41, 5.74) is 6.55. The van der Waals surface area contributed by atoms with E-state index >= 15 is 0 Å². The molecule has 1 unspecified atom stereocenters. The van der Waals surface area contributed by atoms with Crippen LogP contribution in [0.2, 0.25) is 5.02 Å². The van der Waals surface area contributed by atoms with Gasteiger partial charge in [-0.1, -0.05) is 31.9 Å². The van der Waals surface area contributed by atoms with Crippen molar-refractivity contribution in [2.75, 3.05) is 0 Å². The molecule has 3 rings (SSSR count). The molecule has 0 heterocycles. The Labute approximate surface area is 143 Å². The highest BCUT2D eigenvalue weighted by Crippen LogP contribution is 2.48. The molecule has 2 aliphatic rings. The van der Waals surface area contributed by atoms with Gasteiger partial charge in [-0.3, -0.25) is 9.59 Å². The Kier molecular flexibility index (Phi) is 4.16. The maximum Gasteiger partial charge on any atom is 0.140 e. The maximum atomic E-state index is 11.9. The van der Waals surface area contributed by atoms with Crippen molar-refractivity contribution in [2.45, 2.75) is 72.1 Å². The molecule has 0 bridgehead atoms. The van der Waals surface area contributed by atoms with E-state index < -0.39 is 0 Å². The van der Waals surface area contributed by atoms with Crippen LogP contribution < -0.4 is 0 Å². The first kappa shape index (κ1) is 16.7. The second kappa shape index (κ2) is 5.73. The predicted octanol–water partition coefficient (Wildman–Crippen LogP) is 4.88. The molecule has 2 aliphatic carbocycles. The fraction of sp³-hybridized carbons (Fsp3) is 0.600. The fourth-order valence-electron chi connectivity index (χ4n) is 4.43. The highest BCUT2D eigenvalue weighted by molar-refractivity contribution is 6.32. The normalized spacial score (nSPS) is 25.1. The van der Waals surface area contributed by atoms with Crippen molar-refractivity contribution in [3.63, 3.8) is 0 Å². The summed E-state index contributed by atoms with van der Waals surface area (Å²) in [5, 5.41) is 0.786. The SMILES string of the molecule is CCC1(C)Cc2c(C)c(Cl)c(C3CC(=O)CC(=O)C3)c(C)c2C1. The van der Waals surface area contributed by atoms with E-state index in [4.69, 9.17) is 11.6 Å². The third-order valence-electron chi connectivity index (χ3n) is 6.05. The molecular formula is C20H25ClO2. The lowest BCUT2D eigenvalue weighted by Gasteiger charge is -2.26. The Hall–Kier alpha value is -1.15. The van der Waals surface area contributed by atoms with Crippen molar-refractivity contribution < 1.29 is 9.59 Å². The largest absolute Gasteiger partial charge is 0.299 e. The average Bonchev–Trinajstić information content (AvgIpc) is 2.84. The van der Waals surface area contributed by atoms with Crippen LogP contribution in [0.4, 0.5) is 0 Å². The topological polar surface area (TPSA) is 34.1 Å². The van der Waals surface area contributed by atoms with Gasteiger partial charge in [0, 0.05) is 17.9 Å². The summed E-state index contributed by atoms with van der Waals surface area (Å²) in [5.74, 6) is 0.0743. The van der Waals surface area contributed by atoms with Crippen LogP contribution in [0.5, 0.6) is 0 Å². The second-order valence-electron chi connectivity index (χ2n) is 7.81. The van der Waals surface area contributed by atoms with Crippen molar-refractivity contribution in [2.24, 2.45) is 5.41 Å². The quantitative estimate of drug-likeness (QED) is 0.723. The molecule has 0 radical (unpaired) electrons. The monoisotopic (exact) mass is 332 g/mol. The zero-order valence-electron chi connectivity index (χ0n) is 14.5. The fourth-order valence-corrected chi connectivity index (χ4v) is 4.84. The molecule has 1 fully saturated rings. The van der Waals surface area contributed by atoms with Gasteiger partial charge >= 0.3 is 0 Å². The molecule has 0 aliphatic heterocycles. The lowest BCUT2D eigenvalue weighted by molar-refractivity contribution is -0.130. The Morgan fingerprint density at radius 2 is 1.57 bits per heavy atom. The van der Waals surface area contributed by atoms with E-state index in [-0.39, 0.29) is 23.9 Å². The third-order valence-corrected chi connectivity index (χ3v) is 6.54. The number of rotatable bonds is 2. The number of halogens is 1. The molecule has 124 valence electrons. The Bertz CT molecular complexity index is 688. The van der Waals surface area contributed by atoms with Crippen LogP contribution in [0.15, 0.2) is 0 Å². The summed E-state index contributed by atoms with van der Waals surface area (Å²) in [6.45, 7) is 8.81. The first-order valence-electron chi connectivity index (χ1n) is 8.59. The van der Waals surface area contributed by atoms with Gasteiger partial charge in [-0.15, -0.1) is 0 Å². The molecule has 0 N–H and O–H groups in total. The van der Waals surface area contributed by atoms with Gasteiger partial charge in [0.1, 0.15) is 11.6 Å². The van der Waals surface area contributed by atoms with E-state index in [0.717, 1.165) is 35.4 Å². The zero-order chi connectivity index (χ0) is 16.9. The number of ketones is 2. The standard InChI is InChI=1S/C20H25ClO2/c1-5-20(4)9-16-11(2)18(19(21)12(3)17(16)10-20)13-6-14(22)8-15(23)7-13/h13H,5-10H2,1-4H3.